The molecule has 1 rings (SSSR count). The summed E-state index contributed by atoms with van der Waals surface area (Å²) in [5.41, 5.74) is 20.8. The first-order valence-electron chi connectivity index (χ1n) is 7.49. The lowest BCUT2D eigenvalue weighted by molar-refractivity contribution is -0.525. The van der Waals surface area contributed by atoms with Gasteiger partial charge in [-0.1, -0.05) is 17.6 Å². The Kier molecular flexibility index (Phi) is 8.40. The molecule has 1 aromatic carbocycles. The minimum Gasteiger partial charge on any atom is -0.399 e. The molecule has 9 heteroatoms. The Balaban J connectivity index is 2.08. The van der Waals surface area contributed by atoms with Crippen LogP contribution < -0.4 is 27.9 Å². The molecule has 0 amide bonds. The van der Waals surface area contributed by atoms with Gasteiger partial charge in [0.1, 0.15) is 0 Å². The summed E-state index contributed by atoms with van der Waals surface area (Å²) in [7, 11) is 0. The van der Waals surface area contributed by atoms with Crippen molar-refractivity contribution in [3.63, 3.8) is 0 Å². The molecule has 0 fully saturated rings. The van der Waals surface area contributed by atoms with Crippen LogP contribution in [0.25, 0.3) is 0 Å². The molecule has 0 aliphatic heterocycles. The van der Waals surface area contributed by atoms with Crippen LogP contribution in [0.1, 0.15) is 18.4 Å². The molecule has 1 atom stereocenters. The van der Waals surface area contributed by atoms with E-state index in [1.165, 1.54) is 5.56 Å². The maximum absolute atomic E-state index is 10.1. The predicted octanol–water partition coefficient (Wildman–Crippen LogP) is -0.396. The zero-order chi connectivity index (χ0) is 17.1. The number of rotatable bonds is 10. The zero-order valence-corrected chi connectivity index (χ0v) is 13.1. The summed E-state index contributed by atoms with van der Waals surface area (Å²) >= 11 is 0. The average molecular weight is 323 g/mol. The first-order valence-corrected chi connectivity index (χ1v) is 7.49. The van der Waals surface area contributed by atoms with E-state index >= 15 is 0 Å². The lowest BCUT2D eigenvalue weighted by Crippen LogP contribution is -2.36. The van der Waals surface area contributed by atoms with Crippen LogP contribution in [0.4, 0.5) is 5.69 Å². The van der Waals surface area contributed by atoms with Crippen LogP contribution in [0.2, 0.25) is 0 Å². The van der Waals surface area contributed by atoms with Crippen molar-refractivity contribution in [1.29, 1.82) is 0 Å². The van der Waals surface area contributed by atoms with Gasteiger partial charge in [0.05, 0.1) is 0 Å². The van der Waals surface area contributed by atoms with Crippen molar-refractivity contribution < 1.29 is 5.03 Å². The van der Waals surface area contributed by atoms with Gasteiger partial charge < -0.3 is 22.5 Å². The maximum Gasteiger partial charge on any atom is 0.251 e. The van der Waals surface area contributed by atoms with Crippen molar-refractivity contribution in [2.75, 3.05) is 25.4 Å². The molecule has 0 unspecified atom stereocenters. The summed E-state index contributed by atoms with van der Waals surface area (Å²) in [6, 6.07) is 7.82. The average Bonchev–Trinajstić information content (AvgIpc) is 2.47. The second-order valence-corrected chi connectivity index (χ2v) is 5.24. The molecular formula is C14H25N7O2. The van der Waals surface area contributed by atoms with E-state index < -0.39 is 5.03 Å². The van der Waals surface area contributed by atoms with E-state index in [0.717, 1.165) is 31.5 Å². The van der Waals surface area contributed by atoms with Gasteiger partial charge in [0.2, 0.25) is 0 Å². The Hall–Kier alpha value is -2.39. The SMILES string of the molecule is NC(=NCCC[C@H](N)CNCCc1cccc(N)c1)N[N+](=O)[O-]. The van der Waals surface area contributed by atoms with Crippen molar-refractivity contribution in [2.45, 2.75) is 25.3 Å². The van der Waals surface area contributed by atoms with Gasteiger partial charge in [0.25, 0.3) is 5.96 Å². The van der Waals surface area contributed by atoms with E-state index in [0.29, 0.717) is 13.1 Å². The van der Waals surface area contributed by atoms with Crippen molar-refractivity contribution in [1.82, 2.24) is 10.7 Å². The normalized spacial score (nSPS) is 12.8. The van der Waals surface area contributed by atoms with Crippen LogP contribution in [-0.2, 0) is 6.42 Å². The van der Waals surface area contributed by atoms with Crippen molar-refractivity contribution in [3.8, 4) is 0 Å². The number of aliphatic imine (C=N–C) groups is 1. The highest BCUT2D eigenvalue weighted by atomic mass is 16.7. The second-order valence-electron chi connectivity index (χ2n) is 5.24. The van der Waals surface area contributed by atoms with E-state index in [-0.39, 0.29) is 12.0 Å². The van der Waals surface area contributed by atoms with Crippen molar-refractivity contribution in [3.05, 3.63) is 39.9 Å². The first-order chi connectivity index (χ1) is 11.0. The number of nitrogens with one attached hydrogen (secondary N) is 2. The first kappa shape index (κ1) is 18.7. The number of hydrazine groups is 1. The lowest BCUT2D eigenvalue weighted by Gasteiger charge is -2.12. The fourth-order valence-corrected chi connectivity index (χ4v) is 2.05. The number of hydrogen-bond donors (Lipinski definition) is 5. The third-order valence-corrected chi connectivity index (χ3v) is 3.17. The van der Waals surface area contributed by atoms with E-state index in [9.17, 15) is 10.1 Å². The van der Waals surface area contributed by atoms with Crippen LogP contribution in [0.15, 0.2) is 29.3 Å². The molecule has 1 aromatic rings. The zero-order valence-electron chi connectivity index (χ0n) is 13.1. The second kappa shape index (κ2) is 10.4. The summed E-state index contributed by atoms with van der Waals surface area (Å²) in [6.45, 7) is 1.94. The molecule has 0 saturated carbocycles. The third kappa shape index (κ3) is 9.27. The summed E-state index contributed by atoms with van der Waals surface area (Å²) in [4.78, 5) is 14.0. The summed E-state index contributed by atoms with van der Waals surface area (Å²) in [6.07, 6.45) is 2.38. The molecule has 128 valence electrons. The van der Waals surface area contributed by atoms with E-state index in [1.54, 1.807) is 5.43 Å². The fourth-order valence-electron chi connectivity index (χ4n) is 2.05. The number of hydrogen-bond acceptors (Lipinski definition) is 6. The molecule has 8 N–H and O–H groups in total. The van der Waals surface area contributed by atoms with Gasteiger partial charge >= 0.3 is 0 Å². The smallest absolute Gasteiger partial charge is 0.251 e. The molecule has 23 heavy (non-hydrogen) atoms. The molecule has 0 radical (unpaired) electrons. The molecule has 0 saturated heterocycles. The van der Waals surface area contributed by atoms with Crippen LogP contribution in [0.5, 0.6) is 0 Å². The van der Waals surface area contributed by atoms with Crippen molar-refractivity contribution >= 4 is 11.6 Å². The van der Waals surface area contributed by atoms with E-state index in [4.69, 9.17) is 17.2 Å². The van der Waals surface area contributed by atoms with Crippen LogP contribution >= 0.6 is 0 Å². The highest BCUT2D eigenvalue weighted by Crippen LogP contribution is 2.06. The Morgan fingerprint density at radius 1 is 1.43 bits per heavy atom. The highest BCUT2D eigenvalue weighted by molar-refractivity contribution is 5.76. The molecule has 9 nitrogen and oxygen atoms in total. The molecule has 0 aromatic heterocycles. The molecule has 0 aliphatic carbocycles. The Labute approximate surface area is 135 Å². The topological polar surface area (TPSA) is 158 Å². The maximum atomic E-state index is 10.1. The number of anilines is 1. The Bertz CT molecular complexity index is 522. The van der Waals surface area contributed by atoms with E-state index in [1.807, 2.05) is 24.3 Å². The number of nitrogens with two attached hydrogens (primary N) is 3. The van der Waals surface area contributed by atoms with Gasteiger partial charge in [-0.3, -0.25) is 0 Å². The molecule has 0 aliphatic rings. The minimum absolute atomic E-state index is 0.00995. The standard InChI is InChI=1S/C14H25N7O2/c15-12-4-1-3-11(9-12)6-8-18-10-13(16)5-2-7-19-14(17)20-21(22)23/h1,3-4,9,13,18H,2,5-8,10,15-16H2,(H3,17,19,20)/t13-/m0/s1. The van der Waals surface area contributed by atoms with E-state index in [2.05, 4.69) is 10.3 Å². The monoisotopic (exact) mass is 323 g/mol. The Morgan fingerprint density at radius 3 is 2.91 bits per heavy atom. The number of guanidine groups is 1. The lowest BCUT2D eigenvalue weighted by atomic mass is 10.1. The summed E-state index contributed by atoms with van der Waals surface area (Å²) < 4.78 is 0. The molecular weight excluding hydrogens is 298 g/mol. The number of nitrogen functional groups attached to an aromatic ring is 1. The summed E-state index contributed by atoms with van der Waals surface area (Å²) in [5, 5.41) is 12.7. The Morgan fingerprint density at radius 2 is 2.22 bits per heavy atom. The van der Waals surface area contributed by atoms with Gasteiger partial charge in [0, 0.05) is 24.8 Å². The highest BCUT2D eigenvalue weighted by Gasteiger charge is 2.03. The largest absolute Gasteiger partial charge is 0.399 e. The molecule has 0 heterocycles. The van der Waals surface area contributed by atoms with Crippen LogP contribution in [0, 0.1) is 10.1 Å². The van der Waals surface area contributed by atoms with Crippen LogP contribution in [0.3, 0.4) is 0 Å². The quantitative estimate of drug-likeness (QED) is 0.0978. The van der Waals surface area contributed by atoms with Gasteiger partial charge in [0.15, 0.2) is 5.03 Å². The number of benzene rings is 1. The van der Waals surface area contributed by atoms with Crippen LogP contribution in [-0.4, -0.2) is 36.7 Å². The van der Waals surface area contributed by atoms with Gasteiger partial charge in [-0.25, -0.2) is 15.1 Å². The van der Waals surface area contributed by atoms with Gasteiger partial charge in [-0.15, -0.1) is 0 Å². The number of nitro groups is 1. The predicted molar refractivity (Wildman–Crippen MR) is 91.3 cm³/mol. The number of nitrogens with zero attached hydrogens (tertiary/aromatic N) is 2. The fraction of sp³-hybridized carbons (Fsp3) is 0.500. The van der Waals surface area contributed by atoms with Gasteiger partial charge in [-0.05, 0) is 43.5 Å². The van der Waals surface area contributed by atoms with Crippen molar-refractivity contribution in [2.24, 2.45) is 16.5 Å². The van der Waals surface area contributed by atoms with Gasteiger partial charge in [-0.2, -0.15) is 0 Å². The molecule has 0 bridgehead atoms. The minimum atomic E-state index is -0.741. The molecule has 0 spiro atoms. The summed E-state index contributed by atoms with van der Waals surface area (Å²) in [5.74, 6) is -0.191. The third-order valence-electron chi connectivity index (χ3n) is 3.17.